The number of unbranched alkanes of at least 4 members (excludes halogenated alkanes) is 44. The van der Waals surface area contributed by atoms with Crippen molar-refractivity contribution in [2.24, 2.45) is 0 Å². The number of aliphatic hydroxyl groups is 1. The minimum absolute atomic E-state index is 0.0972. The summed E-state index contributed by atoms with van der Waals surface area (Å²) in [5, 5.41) is 13.0. The van der Waals surface area contributed by atoms with Crippen LogP contribution in [0.15, 0.2) is 0 Å². The molecule has 0 aromatic carbocycles. The van der Waals surface area contributed by atoms with Crippen molar-refractivity contribution >= 4 is 0 Å². The van der Waals surface area contributed by atoms with Gasteiger partial charge in [-0.1, -0.05) is 338 Å². The summed E-state index contributed by atoms with van der Waals surface area (Å²) >= 11 is 0. The molecule has 4 atom stereocenters. The van der Waals surface area contributed by atoms with Crippen LogP contribution in [0.4, 0.5) is 0 Å². The maximum atomic E-state index is 13.0. The highest BCUT2D eigenvalue weighted by molar-refractivity contribution is 4.64. The van der Waals surface area contributed by atoms with Crippen LogP contribution in [0, 0.1) is 0 Å². The van der Waals surface area contributed by atoms with Gasteiger partial charge in [0.25, 0.3) is 12.5 Å². The molecule has 1 N–H and O–H groups in total. The lowest BCUT2D eigenvalue weighted by Gasteiger charge is -2.43. The smallest absolute Gasteiger partial charge is 0.281 e. The molecule has 0 aliphatic rings. The van der Waals surface area contributed by atoms with Crippen molar-refractivity contribution in [1.29, 1.82) is 0 Å². The summed E-state index contributed by atoms with van der Waals surface area (Å²) in [6, 6.07) is 0. The molecule has 530 valence electrons. The monoisotopic (exact) mass is 1260 g/mol. The lowest BCUT2D eigenvalue weighted by atomic mass is 10.1. The van der Waals surface area contributed by atoms with Gasteiger partial charge in [-0.25, -0.2) is 0 Å². The maximum absolute atomic E-state index is 13.0. The SMILES string of the molecule is CCCCCCCCCCCCCCOC(C)C(OCCCCCCCCCCCCCC)[N+](CC(O)C[N+](OCCC)(OCCC)C(OCCCCCCCCCCCCCC)C(C)OCCCCCCCCCCCCCC)(OCCC)OCCC. The molecule has 0 rings (SSSR count). The molecule has 88 heavy (non-hydrogen) atoms. The first kappa shape index (κ1) is 87.6. The topological polar surface area (TPSA) is 94.1 Å². The lowest BCUT2D eigenvalue weighted by Crippen LogP contribution is -2.67. The predicted molar refractivity (Wildman–Crippen MR) is 376 cm³/mol. The van der Waals surface area contributed by atoms with Gasteiger partial charge < -0.3 is 24.1 Å². The van der Waals surface area contributed by atoms with Crippen LogP contribution in [-0.4, -0.2) is 111 Å². The summed E-state index contributed by atoms with van der Waals surface area (Å²) in [5.74, 6) is 0. The van der Waals surface area contributed by atoms with Gasteiger partial charge >= 0.3 is 0 Å². The van der Waals surface area contributed by atoms with E-state index >= 15 is 0 Å². The Balaban J connectivity index is 6.70. The summed E-state index contributed by atoms with van der Waals surface area (Å²) in [5.41, 5.74) is 0. The molecule has 0 aromatic heterocycles. The van der Waals surface area contributed by atoms with Crippen molar-refractivity contribution in [2.45, 2.75) is 434 Å². The summed E-state index contributed by atoms with van der Waals surface area (Å²) in [6.07, 6.45) is 62.2. The fraction of sp³-hybridized carbons (Fsp3) is 1.00. The molecule has 0 heterocycles. The second-order valence-electron chi connectivity index (χ2n) is 27.0. The van der Waals surface area contributed by atoms with Crippen molar-refractivity contribution in [3.05, 3.63) is 0 Å². The Labute approximate surface area is 550 Å². The van der Waals surface area contributed by atoms with Crippen LogP contribution < -0.4 is 0 Å². The minimum atomic E-state index is -1.01. The van der Waals surface area contributed by atoms with Crippen LogP contribution in [-0.2, 0) is 38.3 Å². The molecular weight excluding hydrogens is 1100 g/mol. The van der Waals surface area contributed by atoms with Gasteiger partial charge in [-0.3, -0.25) is 0 Å². The lowest BCUT2D eigenvalue weighted by molar-refractivity contribution is -1.29. The van der Waals surface area contributed by atoms with Crippen LogP contribution in [0.5, 0.6) is 0 Å². The second-order valence-corrected chi connectivity index (χ2v) is 27.0. The quantitative estimate of drug-likeness (QED) is 0.0277. The Morgan fingerprint density at radius 2 is 0.386 bits per heavy atom. The number of hydroxylamine groups is 8. The fourth-order valence-corrected chi connectivity index (χ4v) is 12.4. The molecule has 0 aliphatic carbocycles. The van der Waals surface area contributed by atoms with E-state index in [2.05, 4.69) is 69.2 Å². The van der Waals surface area contributed by atoms with Crippen molar-refractivity contribution in [3.63, 3.8) is 0 Å². The molecule has 0 amide bonds. The number of nitrogens with zero attached hydrogens (tertiary/aromatic N) is 2. The standard InChI is InChI=1S/C77H160N2O9/c1-11-19-23-27-31-35-39-43-47-51-55-59-67-81-73(9)76(83-69-61-57-53-49-45-41-37-33-29-25-21-13-3)78(85-63-15-5,86-64-16-6)71-75(80)72-79(87-65-17-7,88-66-18-8)77(84-70-62-58-54-50-46-42-38-34-30-26-22-14-4)74(10)82-68-60-56-52-48-44-40-36-32-28-24-20-12-2/h73-77,80H,11-72H2,1-10H3/q+2. The van der Waals surface area contributed by atoms with E-state index in [1.54, 1.807) is 0 Å². The number of aliphatic hydroxyl groups excluding tert-OH is 1. The highest BCUT2D eigenvalue weighted by Gasteiger charge is 2.54. The highest BCUT2D eigenvalue weighted by atomic mass is 17.0. The van der Waals surface area contributed by atoms with Crippen LogP contribution in [0.2, 0.25) is 0 Å². The van der Waals surface area contributed by atoms with E-state index in [9.17, 15) is 5.11 Å². The summed E-state index contributed by atoms with van der Waals surface area (Å²) in [4.78, 5) is 27.3. The average Bonchev–Trinajstić information content (AvgIpc) is 1.91. The number of hydrogen-bond donors (Lipinski definition) is 1. The Bertz CT molecular complexity index is 1220. The maximum Gasteiger partial charge on any atom is 0.281 e. The van der Waals surface area contributed by atoms with E-state index in [1.165, 1.54) is 257 Å². The van der Waals surface area contributed by atoms with Gasteiger partial charge in [-0.05, 0) is 74.8 Å². The Hall–Kier alpha value is -0.440. The van der Waals surface area contributed by atoms with Crippen LogP contribution >= 0.6 is 0 Å². The molecule has 11 heteroatoms. The third-order valence-corrected chi connectivity index (χ3v) is 17.9. The molecule has 0 spiro atoms. The van der Waals surface area contributed by atoms with Gasteiger partial charge in [0.1, 0.15) is 38.6 Å². The fourth-order valence-electron chi connectivity index (χ4n) is 12.4. The zero-order valence-corrected chi connectivity index (χ0v) is 61.3. The molecule has 0 aliphatic heterocycles. The van der Waals surface area contributed by atoms with Crippen molar-refractivity contribution in [3.8, 4) is 0 Å². The average molecular weight is 1260 g/mol. The zero-order valence-electron chi connectivity index (χ0n) is 61.3. The first-order valence-electron chi connectivity index (χ1n) is 39.7. The molecule has 0 aromatic rings. The Morgan fingerprint density at radius 1 is 0.216 bits per heavy atom. The molecule has 0 fully saturated rings. The minimum Gasteiger partial charge on any atom is -0.381 e. The van der Waals surface area contributed by atoms with Crippen LogP contribution in [0.25, 0.3) is 0 Å². The zero-order chi connectivity index (χ0) is 64.4. The van der Waals surface area contributed by atoms with Crippen molar-refractivity contribution < 1.29 is 53.0 Å². The van der Waals surface area contributed by atoms with Gasteiger partial charge in [0.15, 0.2) is 19.2 Å². The number of quaternary nitrogens is 2. The van der Waals surface area contributed by atoms with Gasteiger partial charge in [0.2, 0.25) is 0 Å². The Kier molecular flexibility index (Phi) is 67.6. The van der Waals surface area contributed by atoms with Gasteiger partial charge in [0.05, 0.1) is 13.2 Å². The number of rotatable bonds is 76. The largest absolute Gasteiger partial charge is 0.381 e. The summed E-state index contributed by atoms with van der Waals surface area (Å²) in [6.45, 7) is 26.4. The third-order valence-electron chi connectivity index (χ3n) is 17.9. The molecule has 4 unspecified atom stereocenters. The summed E-state index contributed by atoms with van der Waals surface area (Å²) in [7, 11) is 0. The molecular formula is C77H160N2O9+2. The van der Waals surface area contributed by atoms with Crippen LogP contribution in [0.1, 0.15) is 403 Å². The molecule has 0 bridgehead atoms. The molecule has 0 radical (unpaired) electrons. The normalized spacial score (nSPS) is 14.1. The van der Waals surface area contributed by atoms with E-state index < -0.39 is 18.6 Å². The first-order chi connectivity index (χ1) is 43.2. The van der Waals surface area contributed by atoms with E-state index in [4.69, 9.17) is 38.3 Å². The molecule has 0 saturated carbocycles. The van der Waals surface area contributed by atoms with Gasteiger partial charge in [-0.15, -0.1) is 0 Å². The first-order valence-corrected chi connectivity index (χ1v) is 39.7. The van der Waals surface area contributed by atoms with E-state index in [-0.39, 0.29) is 34.9 Å². The third kappa shape index (κ3) is 51.0. The van der Waals surface area contributed by atoms with E-state index in [0.29, 0.717) is 52.9 Å². The highest BCUT2D eigenvalue weighted by Crippen LogP contribution is 2.30. The van der Waals surface area contributed by atoms with Crippen molar-refractivity contribution in [1.82, 2.24) is 0 Å². The summed E-state index contributed by atoms with van der Waals surface area (Å²) < 4.78 is 27.8. The van der Waals surface area contributed by atoms with Gasteiger partial charge in [-0.2, -0.15) is 19.4 Å². The molecule has 0 saturated heterocycles. The van der Waals surface area contributed by atoms with Gasteiger partial charge in [0, 0.05) is 13.2 Å². The molecule has 11 nitrogen and oxygen atoms in total. The van der Waals surface area contributed by atoms with E-state index in [1.807, 2.05) is 0 Å². The van der Waals surface area contributed by atoms with Crippen LogP contribution in [0.3, 0.4) is 0 Å². The van der Waals surface area contributed by atoms with E-state index in [0.717, 1.165) is 77.0 Å². The second kappa shape index (κ2) is 68.0. The number of ether oxygens (including phenoxy) is 4. The predicted octanol–water partition coefficient (Wildman–Crippen LogP) is 23.6. The van der Waals surface area contributed by atoms with Crippen molar-refractivity contribution in [2.75, 3.05) is 65.9 Å². The number of hydrogen-bond acceptors (Lipinski definition) is 9. The Morgan fingerprint density at radius 3 is 0.568 bits per heavy atom.